The predicted molar refractivity (Wildman–Crippen MR) is 249 cm³/mol. The lowest BCUT2D eigenvalue weighted by Crippen LogP contribution is -2.14. The van der Waals surface area contributed by atoms with Gasteiger partial charge in [0, 0.05) is 22.2 Å². The third-order valence-corrected chi connectivity index (χ3v) is 13.5. The van der Waals surface area contributed by atoms with E-state index in [1.54, 1.807) is 11.3 Å². The van der Waals surface area contributed by atoms with Crippen molar-refractivity contribution in [3.8, 4) is 61.0 Å². The summed E-state index contributed by atoms with van der Waals surface area (Å²) in [6.45, 7) is 4.75. The van der Waals surface area contributed by atoms with Crippen molar-refractivity contribution >= 4 is 54.1 Å². The maximum Gasteiger partial charge on any atom is 0.145 e. The van der Waals surface area contributed by atoms with Crippen LogP contribution in [0.4, 0.5) is 0 Å². The van der Waals surface area contributed by atoms with Crippen LogP contribution >= 0.6 is 11.3 Å². The molecule has 278 valence electrons. The summed E-state index contributed by atoms with van der Waals surface area (Å²) in [5, 5.41) is 6.00. The van der Waals surface area contributed by atoms with Crippen LogP contribution in [0.1, 0.15) is 25.0 Å². The van der Waals surface area contributed by atoms with Gasteiger partial charge in [0.1, 0.15) is 10.8 Å². The number of fused-ring (bicyclic) bond motifs is 7. The molecule has 2 aromatic heterocycles. The normalized spacial score (nSPS) is 13.1. The Morgan fingerprint density at radius 3 is 1.90 bits per heavy atom. The highest BCUT2D eigenvalue weighted by atomic mass is 32.1. The lowest BCUT2D eigenvalue weighted by molar-refractivity contribution is 0.661. The third-order valence-electron chi connectivity index (χ3n) is 12.4. The van der Waals surface area contributed by atoms with Crippen molar-refractivity contribution in [2.45, 2.75) is 19.3 Å². The van der Waals surface area contributed by atoms with Crippen LogP contribution in [-0.2, 0) is 5.41 Å². The zero-order chi connectivity index (χ0) is 39.2. The van der Waals surface area contributed by atoms with Crippen molar-refractivity contribution in [3.63, 3.8) is 0 Å². The van der Waals surface area contributed by atoms with E-state index in [1.807, 2.05) is 0 Å². The van der Waals surface area contributed by atoms with E-state index in [0.29, 0.717) is 0 Å². The number of benzene rings is 9. The first-order chi connectivity index (χ1) is 29.0. The molecule has 1 aliphatic rings. The summed E-state index contributed by atoms with van der Waals surface area (Å²) in [6, 6.07) is 68.4. The van der Waals surface area contributed by atoms with Crippen LogP contribution in [0.2, 0.25) is 0 Å². The monoisotopic (exact) mass is 771 g/mol. The molecule has 9 aromatic carbocycles. The van der Waals surface area contributed by atoms with Crippen molar-refractivity contribution in [3.05, 3.63) is 199 Å². The SMILES string of the molecule is CC1(C)c2ccccc2-c2cc3c(-c4ccc(-c5nc6ccccc6s5)cc4)c4ccccc4c(-c4cccc(-c5nc6ccccc6n5-c5ccccc5)c4)c3cc21. The molecule has 0 radical (unpaired) electrons. The zero-order valence-corrected chi connectivity index (χ0v) is 33.5. The summed E-state index contributed by atoms with van der Waals surface area (Å²) < 4.78 is 3.50. The van der Waals surface area contributed by atoms with Crippen molar-refractivity contribution in [1.82, 2.24) is 14.5 Å². The summed E-state index contributed by atoms with van der Waals surface area (Å²) in [4.78, 5) is 10.2. The van der Waals surface area contributed by atoms with Crippen LogP contribution in [0.3, 0.4) is 0 Å². The van der Waals surface area contributed by atoms with Gasteiger partial charge in [-0.15, -0.1) is 11.3 Å². The number of thiazole rings is 1. The molecule has 0 amide bonds. The highest BCUT2D eigenvalue weighted by molar-refractivity contribution is 7.21. The van der Waals surface area contributed by atoms with Gasteiger partial charge in [-0.2, -0.15) is 0 Å². The fraction of sp³-hybridized carbons (Fsp3) is 0.0545. The minimum absolute atomic E-state index is 0.148. The molecule has 3 nitrogen and oxygen atoms in total. The second-order valence-electron chi connectivity index (χ2n) is 16.1. The van der Waals surface area contributed by atoms with Crippen molar-refractivity contribution in [1.29, 1.82) is 0 Å². The van der Waals surface area contributed by atoms with Gasteiger partial charge >= 0.3 is 0 Å². The van der Waals surface area contributed by atoms with E-state index < -0.39 is 0 Å². The smallest absolute Gasteiger partial charge is 0.145 e. The minimum atomic E-state index is -0.148. The molecule has 11 aromatic rings. The lowest BCUT2D eigenvalue weighted by atomic mass is 9.79. The lowest BCUT2D eigenvalue weighted by Gasteiger charge is -2.24. The third kappa shape index (κ3) is 5.20. The van der Waals surface area contributed by atoms with Crippen molar-refractivity contribution in [2.75, 3.05) is 0 Å². The number of aromatic nitrogens is 3. The van der Waals surface area contributed by atoms with Crippen molar-refractivity contribution in [2.24, 2.45) is 0 Å². The first-order valence-corrected chi connectivity index (χ1v) is 21.1. The Kier molecular flexibility index (Phi) is 7.44. The van der Waals surface area contributed by atoms with Crippen LogP contribution in [0.5, 0.6) is 0 Å². The molecule has 0 spiro atoms. The number of para-hydroxylation sites is 4. The topological polar surface area (TPSA) is 30.7 Å². The molecule has 12 rings (SSSR count). The van der Waals surface area contributed by atoms with E-state index in [4.69, 9.17) is 9.97 Å². The molecular formula is C55H37N3S. The molecule has 1 aliphatic carbocycles. The first-order valence-electron chi connectivity index (χ1n) is 20.2. The van der Waals surface area contributed by atoms with Crippen molar-refractivity contribution < 1.29 is 0 Å². The standard InChI is InChI=1S/C55H37N3S/c1-55(2)45-22-9-8-19-39(45)42-32-43-44(33-46(42)55)52(36-15-14-16-37(31-36)53-56-47-23-10-12-25-49(47)58(53)38-17-4-3-5-18-38)41-21-7-6-20-40(41)51(43)34-27-29-35(30-28-34)54-57-48-24-11-13-26-50(48)59-54/h3-33H,1-2H3. The van der Waals surface area contributed by atoms with Crippen LogP contribution in [0.25, 0.3) is 104 Å². The maximum absolute atomic E-state index is 5.26. The van der Waals surface area contributed by atoms with Crippen LogP contribution in [0, 0.1) is 0 Å². The summed E-state index contributed by atoms with van der Waals surface area (Å²) in [5.41, 5.74) is 16.5. The molecule has 0 saturated carbocycles. The Morgan fingerprint density at radius 2 is 1.08 bits per heavy atom. The molecule has 2 heterocycles. The number of hydrogen-bond donors (Lipinski definition) is 0. The Balaban J connectivity index is 1.12. The van der Waals surface area contributed by atoms with Gasteiger partial charge in [-0.05, 0) is 121 Å². The fourth-order valence-electron chi connectivity index (χ4n) is 9.64. The molecule has 0 saturated heterocycles. The maximum atomic E-state index is 5.26. The summed E-state index contributed by atoms with van der Waals surface area (Å²) in [5.74, 6) is 0.926. The average molecular weight is 772 g/mol. The Hall–Kier alpha value is -7.14. The quantitative estimate of drug-likeness (QED) is 0.163. The van der Waals surface area contributed by atoms with E-state index in [0.717, 1.165) is 44.2 Å². The molecule has 4 heteroatoms. The molecule has 0 atom stereocenters. The first kappa shape index (κ1) is 33.9. The molecule has 0 bridgehead atoms. The van der Waals surface area contributed by atoms with Gasteiger partial charge in [0.2, 0.25) is 0 Å². The number of imidazole rings is 1. The summed E-state index contributed by atoms with van der Waals surface area (Å²) in [6.07, 6.45) is 0. The molecule has 0 N–H and O–H groups in total. The van der Waals surface area contributed by atoms with E-state index in [1.165, 1.54) is 70.8 Å². The highest BCUT2D eigenvalue weighted by Crippen LogP contribution is 2.53. The second kappa shape index (κ2) is 12.9. The van der Waals surface area contributed by atoms with Crippen LogP contribution in [0.15, 0.2) is 188 Å². The molecule has 0 fully saturated rings. The van der Waals surface area contributed by atoms with Gasteiger partial charge in [0.05, 0.1) is 21.3 Å². The Labute approximate surface area is 346 Å². The van der Waals surface area contributed by atoms with Crippen LogP contribution in [-0.4, -0.2) is 14.5 Å². The number of hydrogen-bond acceptors (Lipinski definition) is 3. The molecular weight excluding hydrogens is 735 g/mol. The Bertz CT molecular complexity index is 3430. The largest absolute Gasteiger partial charge is 0.292 e. The summed E-state index contributed by atoms with van der Waals surface area (Å²) >= 11 is 1.75. The highest BCUT2D eigenvalue weighted by Gasteiger charge is 2.36. The van der Waals surface area contributed by atoms with Gasteiger partial charge in [0.25, 0.3) is 0 Å². The second-order valence-corrected chi connectivity index (χ2v) is 17.2. The van der Waals surface area contributed by atoms with Gasteiger partial charge in [-0.1, -0.05) is 147 Å². The van der Waals surface area contributed by atoms with Gasteiger partial charge in [-0.3, -0.25) is 4.57 Å². The van der Waals surface area contributed by atoms with E-state index in [2.05, 4.69) is 206 Å². The predicted octanol–water partition coefficient (Wildman–Crippen LogP) is 14.9. The molecule has 0 aliphatic heterocycles. The van der Waals surface area contributed by atoms with Gasteiger partial charge in [0.15, 0.2) is 0 Å². The van der Waals surface area contributed by atoms with E-state index >= 15 is 0 Å². The average Bonchev–Trinajstić information content (AvgIpc) is 3.96. The molecule has 59 heavy (non-hydrogen) atoms. The Morgan fingerprint density at radius 1 is 0.441 bits per heavy atom. The zero-order valence-electron chi connectivity index (χ0n) is 32.6. The summed E-state index contributed by atoms with van der Waals surface area (Å²) in [7, 11) is 0. The number of rotatable bonds is 5. The molecule has 0 unspecified atom stereocenters. The number of nitrogens with zero attached hydrogens (tertiary/aromatic N) is 3. The fourth-order valence-corrected chi connectivity index (χ4v) is 10.6. The van der Waals surface area contributed by atoms with E-state index in [-0.39, 0.29) is 5.41 Å². The van der Waals surface area contributed by atoms with Gasteiger partial charge in [-0.25, -0.2) is 9.97 Å². The van der Waals surface area contributed by atoms with E-state index in [9.17, 15) is 0 Å². The van der Waals surface area contributed by atoms with Gasteiger partial charge < -0.3 is 0 Å². The minimum Gasteiger partial charge on any atom is -0.292 e. The van der Waals surface area contributed by atoms with Crippen LogP contribution < -0.4 is 0 Å².